The molecule has 16 heavy (non-hydrogen) atoms. The molecule has 1 aromatic rings. The largest absolute Gasteiger partial charge is 0.323 e. The number of nitrogens with two attached hydrogens (primary N) is 1. The summed E-state index contributed by atoms with van der Waals surface area (Å²) in [6, 6.07) is 0. The highest BCUT2D eigenvalue weighted by Gasteiger charge is 2.23. The van der Waals surface area contributed by atoms with Gasteiger partial charge in [0.05, 0.1) is 11.9 Å². The van der Waals surface area contributed by atoms with Crippen molar-refractivity contribution < 1.29 is 17.6 Å². The van der Waals surface area contributed by atoms with E-state index < -0.39 is 34.5 Å². The van der Waals surface area contributed by atoms with Crippen LogP contribution in [-0.2, 0) is 0 Å². The maximum atomic E-state index is 13.1. The van der Waals surface area contributed by atoms with Gasteiger partial charge in [-0.3, -0.25) is 0 Å². The molecule has 1 rings (SSSR count). The van der Waals surface area contributed by atoms with Crippen LogP contribution in [0.25, 0.3) is 10.4 Å². The summed E-state index contributed by atoms with van der Waals surface area (Å²) in [5.74, 6) is -3.00. The SMILES string of the molecule is [N-]=[N+]=Nc1c(F)c(F)c(F)c(F)c1C=NN. The molecule has 0 bridgehead atoms. The second-order valence-corrected chi connectivity index (χ2v) is 2.49. The molecule has 0 saturated carbocycles. The van der Waals surface area contributed by atoms with E-state index in [0.29, 0.717) is 6.21 Å². The third kappa shape index (κ3) is 1.75. The number of hydrogen-bond acceptors (Lipinski definition) is 3. The highest BCUT2D eigenvalue weighted by Crippen LogP contribution is 2.29. The van der Waals surface area contributed by atoms with E-state index >= 15 is 0 Å². The van der Waals surface area contributed by atoms with E-state index in [4.69, 9.17) is 5.53 Å². The summed E-state index contributed by atoms with van der Waals surface area (Å²) in [7, 11) is 0. The van der Waals surface area contributed by atoms with E-state index in [1.165, 1.54) is 0 Å². The van der Waals surface area contributed by atoms with Gasteiger partial charge in [-0.2, -0.15) is 5.10 Å². The predicted molar refractivity (Wildman–Crippen MR) is 46.9 cm³/mol. The topological polar surface area (TPSA) is 87.1 Å². The first kappa shape index (κ1) is 11.8. The predicted octanol–water partition coefficient (Wildman–Crippen LogP) is 2.48. The fourth-order valence-corrected chi connectivity index (χ4v) is 0.972. The lowest BCUT2D eigenvalue weighted by Gasteiger charge is -2.05. The van der Waals surface area contributed by atoms with Gasteiger partial charge >= 0.3 is 0 Å². The van der Waals surface area contributed by atoms with Crippen LogP contribution in [0.15, 0.2) is 10.2 Å². The zero-order valence-corrected chi connectivity index (χ0v) is 7.46. The van der Waals surface area contributed by atoms with Gasteiger partial charge in [-0.05, 0) is 5.53 Å². The summed E-state index contributed by atoms with van der Waals surface area (Å²) >= 11 is 0. The first-order valence-corrected chi connectivity index (χ1v) is 3.68. The van der Waals surface area contributed by atoms with Crippen molar-refractivity contribution >= 4 is 11.9 Å². The quantitative estimate of drug-likeness (QED) is 0.0961. The van der Waals surface area contributed by atoms with Gasteiger partial charge in [0.2, 0.25) is 0 Å². The standard InChI is InChI=1S/C7H3F4N5/c8-3-2(1-14-12)7(15-16-13)6(11)5(10)4(3)9/h1H,12H2. The van der Waals surface area contributed by atoms with Crippen LogP contribution in [0.5, 0.6) is 0 Å². The first-order chi connectivity index (χ1) is 7.54. The Hall–Kier alpha value is -2.28. The fraction of sp³-hybridized carbons (Fsp3) is 0. The van der Waals surface area contributed by atoms with Crippen molar-refractivity contribution in [3.63, 3.8) is 0 Å². The molecule has 0 heterocycles. The number of hydrogen-bond donors (Lipinski definition) is 1. The third-order valence-electron chi connectivity index (χ3n) is 1.63. The van der Waals surface area contributed by atoms with E-state index in [0.717, 1.165) is 0 Å². The molecule has 0 aromatic heterocycles. The first-order valence-electron chi connectivity index (χ1n) is 3.68. The average Bonchev–Trinajstić information content (AvgIpc) is 2.28. The maximum absolute atomic E-state index is 13.1. The normalized spacial score (nSPS) is 10.5. The molecule has 0 fully saturated rings. The zero-order valence-electron chi connectivity index (χ0n) is 7.46. The Morgan fingerprint density at radius 2 is 1.62 bits per heavy atom. The minimum absolute atomic E-state index is 0.505. The van der Waals surface area contributed by atoms with Crippen molar-refractivity contribution in [1.82, 2.24) is 0 Å². The van der Waals surface area contributed by atoms with E-state index in [-0.39, 0.29) is 0 Å². The van der Waals surface area contributed by atoms with Gasteiger partial charge in [0, 0.05) is 10.5 Å². The van der Waals surface area contributed by atoms with Crippen molar-refractivity contribution in [3.8, 4) is 0 Å². The van der Waals surface area contributed by atoms with Crippen LogP contribution in [0.2, 0.25) is 0 Å². The third-order valence-corrected chi connectivity index (χ3v) is 1.63. The molecule has 0 saturated heterocycles. The maximum Gasteiger partial charge on any atom is 0.198 e. The molecule has 2 N–H and O–H groups in total. The van der Waals surface area contributed by atoms with Gasteiger partial charge in [0.15, 0.2) is 23.3 Å². The molecule has 84 valence electrons. The molecular formula is C7H3F4N5. The molecule has 0 aliphatic carbocycles. The molecule has 0 spiro atoms. The van der Waals surface area contributed by atoms with Gasteiger partial charge < -0.3 is 5.84 Å². The van der Waals surface area contributed by atoms with Crippen LogP contribution in [-0.4, -0.2) is 6.21 Å². The number of halogens is 4. The van der Waals surface area contributed by atoms with Crippen molar-refractivity contribution in [2.24, 2.45) is 16.1 Å². The summed E-state index contributed by atoms with van der Waals surface area (Å²) < 4.78 is 51.7. The monoisotopic (exact) mass is 233 g/mol. The molecular weight excluding hydrogens is 230 g/mol. The van der Waals surface area contributed by atoms with Crippen LogP contribution < -0.4 is 5.84 Å². The Morgan fingerprint density at radius 3 is 2.12 bits per heavy atom. The van der Waals surface area contributed by atoms with Crippen molar-refractivity contribution in [3.05, 3.63) is 39.3 Å². The number of rotatable bonds is 2. The Labute approximate surface area is 85.8 Å². The molecule has 5 nitrogen and oxygen atoms in total. The number of nitrogens with zero attached hydrogens (tertiary/aromatic N) is 4. The summed E-state index contributed by atoms with van der Waals surface area (Å²) in [6.07, 6.45) is 0.505. The molecule has 9 heteroatoms. The Kier molecular flexibility index (Phi) is 3.31. The Bertz CT molecular complexity index is 506. The number of azide groups is 1. The minimum atomic E-state index is -2.07. The fourth-order valence-electron chi connectivity index (χ4n) is 0.972. The lowest BCUT2D eigenvalue weighted by Crippen LogP contribution is -2.03. The second-order valence-electron chi connectivity index (χ2n) is 2.49. The van der Waals surface area contributed by atoms with Crippen molar-refractivity contribution in [1.29, 1.82) is 0 Å². The van der Waals surface area contributed by atoms with Gasteiger partial charge in [-0.1, -0.05) is 5.11 Å². The van der Waals surface area contributed by atoms with Gasteiger partial charge in [0.1, 0.15) is 0 Å². The smallest absolute Gasteiger partial charge is 0.198 e. The van der Waals surface area contributed by atoms with E-state index in [1.54, 1.807) is 0 Å². The molecule has 0 aliphatic heterocycles. The Morgan fingerprint density at radius 1 is 1.06 bits per heavy atom. The molecule has 0 radical (unpaired) electrons. The molecule has 0 aliphatic rings. The molecule has 0 atom stereocenters. The van der Waals surface area contributed by atoms with Crippen LogP contribution in [0, 0.1) is 23.3 Å². The summed E-state index contributed by atoms with van der Waals surface area (Å²) in [4.78, 5) is 2.15. The van der Waals surface area contributed by atoms with Crippen LogP contribution in [0.3, 0.4) is 0 Å². The molecule has 0 amide bonds. The lowest BCUT2D eigenvalue weighted by atomic mass is 10.1. The number of hydrazone groups is 1. The summed E-state index contributed by atoms with van der Waals surface area (Å²) in [6.45, 7) is 0. The van der Waals surface area contributed by atoms with E-state index in [9.17, 15) is 17.6 Å². The zero-order chi connectivity index (χ0) is 12.3. The van der Waals surface area contributed by atoms with E-state index in [1.807, 2.05) is 0 Å². The summed E-state index contributed by atoms with van der Waals surface area (Å²) in [5, 5.41) is 5.52. The van der Waals surface area contributed by atoms with Crippen molar-refractivity contribution in [2.75, 3.05) is 0 Å². The molecule has 0 unspecified atom stereocenters. The Balaban J connectivity index is 3.74. The van der Waals surface area contributed by atoms with Gasteiger partial charge in [-0.15, -0.1) is 0 Å². The van der Waals surface area contributed by atoms with Crippen LogP contribution in [0.4, 0.5) is 23.2 Å². The average molecular weight is 233 g/mol. The van der Waals surface area contributed by atoms with Gasteiger partial charge in [0.25, 0.3) is 0 Å². The van der Waals surface area contributed by atoms with Crippen molar-refractivity contribution in [2.45, 2.75) is 0 Å². The minimum Gasteiger partial charge on any atom is -0.323 e. The van der Waals surface area contributed by atoms with Crippen LogP contribution >= 0.6 is 0 Å². The summed E-state index contributed by atoms with van der Waals surface area (Å²) in [5.41, 5.74) is 6.15. The number of benzene rings is 1. The highest BCUT2D eigenvalue weighted by molar-refractivity contribution is 5.87. The highest BCUT2D eigenvalue weighted by atomic mass is 19.2. The van der Waals surface area contributed by atoms with Crippen LogP contribution in [0.1, 0.15) is 5.56 Å². The second kappa shape index (κ2) is 4.49. The molecule has 1 aromatic carbocycles. The van der Waals surface area contributed by atoms with Gasteiger partial charge in [-0.25, -0.2) is 17.6 Å². The lowest BCUT2D eigenvalue weighted by molar-refractivity contribution is 0.410. The van der Waals surface area contributed by atoms with E-state index in [2.05, 4.69) is 21.0 Å².